The zero-order chi connectivity index (χ0) is 11.7. The maximum atomic E-state index is 12.4. The molecule has 1 aliphatic rings. The number of aromatic nitrogens is 2. The summed E-state index contributed by atoms with van der Waals surface area (Å²) in [6.45, 7) is -1.20. The summed E-state index contributed by atoms with van der Waals surface area (Å²) in [4.78, 5) is 11.6. The summed E-state index contributed by atoms with van der Waals surface area (Å²) in [5.41, 5.74) is 0.346. The maximum Gasteiger partial charge on any atom is 0.333 e. The lowest BCUT2D eigenvalue weighted by molar-refractivity contribution is 0.0538. The molecule has 2 rings (SSSR count). The van der Waals surface area contributed by atoms with E-state index in [1.165, 1.54) is 13.0 Å². The Morgan fingerprint density at radius 2 is 2.31 bits per heavy atom. The molecule has 1 aromatic rings. The van der Waals surface area contributed by atoms with Crippen LogP contribution in [0.4, 0.5) is 8.78 Å². The van der Waals surface area contributed by atoms with Gasteiger partial charge in [0.15, 0.2) is 5.69 Å². The van der Waals surface area contributed by atoms with Crippen molar-refractivity contribution < 1.29 is 13.6 Å². The molecule has 1 aromatic heterocycles. The number of carbonyl (C=O) groups is 1. The van der Waals surface area contributed by atoms with Crippen molar-refractivity contribution in [2.24, 2.45) is 0 Å². The van der Waals surface area contributed by atoms with Crippen molar-refractivity contribution in [1.29, 1.82) is 0 Å². The van der Waals surface area contributed by atoms with Crippen LogP contribution in [0.15, 0.2) is 6.07 Å². The fourth-order valence-electron chi connectivity index (χ4n) is 1.61. The van der Waals surface area contributed by atoms with E-state index >= 15 is 0 Å². The van der Waals surface area contributed by atoms with Crippen molar-refractivity contribution in [2.75, 3.05) is 0 Å². The Labute approximate surface area is 91.6 Å². The van der Waals surface area contributed by atoms with Crippen molar-refractivity contribution in [3.05, 3.63) is 17.5 Å². The Kier molecular flexibility index (Phi) is 2.89. The number of nitrogens with zero attached hydrogens (tertiary/aromatic N) is 2. The second kappa shape index (κ2) is 4.19. The third-order valence-electron chi connectivity index (χ3n) is 2.78. The normalized spacial score (nSPS) is 16.2. The summed E-state index contributed by atoms with van der Waals surface area (Å²) >= 11 is 0. The van der Waals surface area contributed by atoms with Gasteiger partial charge < -0.3 is 5.32 Å². The van der Waals surface area contributed by atoms with Crippen molar-refractivity contribution in [2.45, 2.75) is 38.8 Å². The molecule has 0 bridgehead atoms. The van der Waals surface area contributed by atoms with E-state index in [0.717, 1.165) is 19.3 Å². The van der Waals surface area contributed by atoms with E-state index < -0.39 is 6.55 Å². The maximum absolute atomic E-state index is 12.4. The van der Waals surface area contributed by atoms with E-state index in [-0.39, 0.29) is 23.3 Å². The predicted octanol–water partition coefficient (Wildman–Crippen LogP) is 1.87. The summed E-state index contributed by atoms with van der Waals surface area (Å²) in [7, 11) is 0. The molecule has 0 unspecified atom stereocenters. The minimum absolute atomic E-state index is 0.0599. The van der Waals surface area contributed by atoms with Crippen LogP contribution >= 0.6 is 0 Å². The van der Waals surface area contributed by atoms with Gasteiger partial charge in [0, 0.05) is 11.7 Å². The summed E-state index contributed by atoms with van der Waals surface area (Å²) in [5, 5.41) is 6.33. The minimum atomic E-state index is -2.70. The smallest absolute Gasteiger partial charge is 0.333 e. The van der Waals surface area contributed by atoms with E-state index in [1.54, 1.807) is 0 Å². The van der Waals surface area contributed by atoms with Gasteiger partial charge in [-0.15, -0.1) is 0 Å². The highest BCUT2D eigenvalue weighted by Gasteiger charge is 2.22. The molecule has 1 amide bonds. The number of aryl methyl sites for hydroxylation is 1. The van der Waals surface area contributed by atoms with Gasteiger partial charge in [-0.25, -0.2) is 4.68 Å². The van der Waals surface area contributed by atoms with Crippen LogP contribution in [-0.2, 0) is 0 Å². The molecule has 0 spiro atoms. The largest absolute Gasteiger partial charge is 0.348 e. The number of hydrogen-bond acceptors (Lipinski definition) is 2. The average molecular weight is 229 g/mol. The molecule has 16 heavy (non-hydrogen) atoms. The second-order valence-electron chi connectivity index (χ2n) is 3.99. The first-order valence-electron chi connectivity index (χ1n) is 5.23. The number of rotatable bonds is 3. The molecule has 0 saturated heterocycles. The van der Waals surface area contributed by atoms with Crippen LogP contribution in [0, 0.1) is 6.92 Å². The van der Waals surface area contributed by atoms with Gasteiger partial charge in [-0.3, -0.25) is 4.79 Å². The summed E-state index contributed by atoms with van der Waals surface area (Å²) in [6.07, 6.45) is 3.02. The molecule has 1 saturated carbocycles. The molecule has 4 nitrogen and oxygen atoms in total. The first-order valence-corrected chi connectivity index (χ1v) is 5.23. The molecule has 1 N–H and O–H groups in total. The lowest BCUT2D eigenvalue weighted by Gasteiger charge is -2.25. The highest BCUT2D eigenvalue weighted by Crippen LogP contribution is 2.19. The number of nitrogens with one attached hydrogen (secondary N) is 1. The third-order valence-corrected chi connectivity index (χ3v) is 2.78. The zero-order valence-corrected chi connectivity index (χ0v) is 8.91. The standard InChI is InChI=1S/C10H13F2N3O/c1-6-5-8(14-15(6)10(11)12)9(16)13-7-3-2-4-7/h5,7,10H,2-4H2,1H3,(H,13,16). The first kappa shape index (κ1) is 11.0. The highest BCUT2D eigenvalue weighted by molar-refractivity contribution is 5.92. The van der Waals surface area contributed by atoms with E-state index in [0.29, 0.717) is 4.68 Å². The van der Waals surface area contributed by atoms with Crippen LogP contribution in [0.5, 0.6) is 0 Å². The summed E-state index contributed by atoms with van der Waals surface area (Å²) in [6, 6.07) is 1.56. The Balaban J connectivity index is 2.07. The number of alkyl halides is 2. The van der Waals surface area contributed by atoms with E-state index in [9.17, 15) is 13.6 Å². The van der Waals surface area contributed by atoms with Crippen LogP contribution in [0.25, 0.3) is 0 Å². The van der Waals surface area contributed by atoms with Gasteiger partial charge in [-0.2, -0.15) is 13.9 Å². The van der Waals surface area contributed by atoms with Gasteiger partial charge in [0.05, 0.1) is 0 Å². The second-order valence-corrected chi connectivity index (χ2v) is 3.99. The van der Waals surface area contributed by atoms with Crippen LogP contribution < -0.4 is 5.32 Å². The monoisotopic (exact) mass is 229 g/mol. The van der Waals surface area contributed by atoms with Crippen LogP contribution in [0.3, 0.4) is 0 Å². The molecule has 0 atom stereocenters. The van der Waals surface area contributed by atoms with E-state index in [2.05, 4.69) is 10.4 Å². The summed E-state index contributed by atoms with van der Waals surface area (Å²) < 4.78 is 25.4. The third kappa shape index (κ3) is 2.05. The van der Waals surface area contributed by atoms with Crippen molar-refractivity contribution in [3.63, 3.8) is 0 Å². The molecule has 1 heterocycles. The molecule has 0 aliphatic heterocycles. The number of hydrogen-bond donors (Lipinski definition) is 1. The molecule has 88 valence electrons. The Bertz CT molecular complexity index is 399. The van der Waals surface area contributed by atoms with Crippen molar-refractivity contribution in [3.8, 4) is 0 Å². The molecule has 0 radical (unpaired) electrons. The van der Waals surface area contributed by atoms with Gasteiger partial charge in [-0.1, -0.05) is 0 Å². The topological polar surface area (TPSA) is 46.9 Å². The Morgan fingerprint density at radius 3 is 2.75 bits per heavy atom. The van der Waals surface area contributed by atoms with Crippen LogP contribution in [0.1, 0.15) is 42.0 Å². The van der Waals surface area contributed by atoms with Gasteiger partial charge in [-0.05, 0) is 32.3 Å². The lowest BCUT2D eigenvalue weighted by atomic mass is 9.93. The molecular formula is C10H13F2N3O. The number of halogens is 2. The van der Waals surface area contributed by atoms with Crippen LogP contribution in [-0.4, -0.2) is 21.7 Å². The van der Waals surface area contributed by atoms with Crippen molar-refractivity contribution >= 4 is 5.91 Å². The fourth-order valence-corrected chi connectivity index (χ4v) is 1.61. The molecule has 0 aromatic carbocycles. The minimum Gasteiger partial charge on any atom is -0.348 e. The molecule has 6 heteroatoms. The molecule has 1 aliphatic carbocycles. The Hall–Kier alpha value is -1.46. The van der Waals surface area contributed by atoms with Gasteiger partial charge in [0.1, 0.15) is 0 Å². The Morgan fingerprint density at radius 1 is 1.62 bits per heavy atom. The average Bonchev–Trinajstić information content (AvgIpc) is 2.53. The van der Waals surface area contributed by atoms with E-state index in [4.69, 9.17) is 0 Å². The lowest BCUT2D eigenvalue weighted by Crippen LogP contribution is -2.39. The zero-order valence-electron chi connectivity index (χ0n) is 8.91. The fraction of sp³-hybridized carbons (Fsp3) is 0.600. The van der Waals surface area contributed by atoms with Crippen LogP contribution in [0.2, 0.25) is 0 Å². The van der Waals surface area contributed by atoms with Gasteiger partial charge in [0.25, 0.3) is 5.91 Å². The van der Waals surface area contributed by atoms with Gasteiger partial charge >= 0.3 is 6.55 Å². The number of amides is 1. The summed E-state index contributed by atoms with van der Waals surface area (Å²) in [5.74, 6) is -0.368. The van der Waals surface area contributed by atoms with Crippen molar-refractivity contribution in [1.82, 2.24) is 15.1 Å². The van der Waals surface area contributed by atoms with E-state index in [1.807, 2.05) is 0 Å². The molecular weight excluding hydrogens is 216 g/mol. The molecule has 1 fully saturated rings. The first-order chi connectivity index (χ1) is 7.58. The quantitative estimate of drug-likeness (QED) is 0.860. The highest BCUT2D eigenvalue weighted by atomic mass is 19.3. The van der Waals surface area contributed by atoms with Gasteiger partial charge in [0.2, 0.25) is 0 Å². The predicted molar refractivity (Wildman–Crippen MR) is 53.3 cm³/mol. The SMILES string of the molecule is Cc1cc(C(=O)NC2CCC2)nn1C(F)F. The number of carbonyl (C=O) groups excluding carboxylic acids is 1.